The summed E-state index contributed by atoms with van der Waals surface area (Å²) in [4.78, 5) is 11.6. The topological polar surface area (TPSA) is 41.1 Å². The minimum absolute atomic E-state index is 0.228. The number of amides is 1. The molecule has 1 amide bonds. The third kappa shape index (κ3) is 1.48. The molecule has 1 unspecified atom stereocenters. The van der Waals surface area contributed by atoms with Gasteiger partial charge in [0, 0.05) is 5.56 Å². The van der Waals surface area contributed by atoms with Crippen LogP contribution in [0.4, 0.5) is 4.39 Å². The van der Waals surface area contributed by atoms with Crippen LogP contribution in [-0.4, -0.2) is 11.0 Å². The van der Waals surface area contributed by atoms with Crippen LogP contribution in [0.1, 0.15) is 12.5 Å². The molecular weight excluding hydrogens is 215 g/mol. The summed E-state index contributed by atoms with van der Waals surface area (Å²) in [7, 11) is 0. The molecular formula is C10H9FN2OS. The van der Waals surface area contributed by atoms with Crippen LogP contribution in [0.25, 0.3) is 0 Å². The average Bonchev–Trinajstić information content (AvgIpc) is 2.42. The van der Waals surface area contributed by atoms with Crippen LogP contribution in [0.5, 0.6) is 0 Å². The van der Waals surface area contributed by atoms with Crippen LogP contribution in [0.3, 0.4) is 0 Å². The summed E-state index contributed by atoms with van der Waals surface area (Å²) in [6, 6.07) is 6.14. The number of carbonyl (C=O) groups is 1. The molecule has 0 radical (unpaired) electrons. The van der Waals surface area contributed by atoms with E-state index in [1.54, 1.807) is 25.1 Å². The maximum absolute atomic E-state index is 13.5. The molecule has 1 aliphatic rings. The largest absolute Gasteiger partial charge is 0.345 e. The van der Waals surface area contributed by atoms with E-state index in [4.69, 9.17) is 12.2 Å². The SMILES string of the molecule is CC1(c2ccccc2F)NC(=S)NC1=O. The van der Waals surface area contributed by atoms with Gasteiger partial charge in [0.15, 0.2) is 5.11 Å². The summed E-state index contributed by atoms with van der Waals surface area (Å²) in [6.45, 7) is 1.60. The van der Waals surface area contributed by atoms with E-state index in [2.05, 4.69) is 10.6 Å². The predicted octanol–water partition coefficient (Wildman–Crippen LogP) is 1.05. The fourth-order valence-electron chi connectivity index (χ4n) is 1.60. The van der Waals surface area contributed by atoms with Crippen LogP contribution >= 0.6 is 12.2 Å². The first-order valence-corrected chi connectivity index (χ1v) is 4.83. The van der Waals surface area contributed by atoms with Crippen molar-refractivity contribution in [3.8, 4) is 0 Å². The first kappa shape index (κ1) is 10.0. The zero-order valence-corrected chi connectivity index (χ0v) is 8.82. The number of nitrogens with one attached hydrogen (secondary N) is 2. The summed E-state index contributed by atoms with van der Waals surface area (Å²) >= 11 is 4.82. The van der Waals surface area contributed by atoms with Crippen molar-refractivity contribution in [2.75, 3.05) is 0 Å². The molecule has 1 aliphatic heterocycles. The van der Waals surface area contributed by atoms with Gasteiger partial charge in [-0.2, -0.15) is 0 Å². The van der Waals surface area contributed by atoms with Crippen molar-refractivity contribution in [1.82, 2.24) is 10.6 Å². The van der Waals surface area contributed by atoms with Gasteiger partial charge < -0.3 is 10.6 Å². The molecule has 1 aromatic rings. The maximum atomic E-state index is 13.5. The first-order valence-electron chi connectivity index (χ1n) is 4.42. The minimum atomic E-state index is -1.11. The number of thiocarbonyl (C=S) groups is 1. The second-order valence-electron chi connectivity index (χ2n) is 3.51. The van der Waals surface area contributed by atoms with Gasteiger partial charge in [-0.05, 0) is 25.2 Å². The van der Waals surface area contributed by atoms with Crippen LogP contribution in [-0.2, 0) is 10.3 Å². The van der Waals surface area contributed by atoms with E-state index in [1.807, 2.05) is 0 Å². The lowest BCUT2D eigenvalue weighted by molar-refractivity contribution is -0.123. The van der Waals surface area contributed by atoms with E-state index >= 15 is 0 Å². The average molecular weight is 224 g/mol. The van der Waals surface area contributed by atoms with Crippen LogP contribution in [0, 0.1) is 5.82 Å². The lowest BCUT2D eigenvalue weighted by atomic mass is 9.92. The summed E-state index contributed by atoms with van der Waals surface area (Å²) in [6.07, 6.45) is 0. The molecule has 1 fully saturated rings. The molecule has 0 saturated carbocycles. The zero-order chi connectivity index (χ0) is 11.1. The lowest BCUT2D eigenvalue weighted by Gasteiger charge is -2.21. The molecule has 1 heterocycles. The van der Waals surface area contributed by atoms with Gasteiger partial charge in [-0.1, -0.05) is 18.2 Å². The fourth-order valence-corrected chi connectivity index (χ4v) is 1.90. The molecule has 78 valence electrons. The smallest absolute Gasteiger partial charge is 0.256 e. The van der Waals surface area contributed by atoms with E-state index in [9.17, 15) is 9.18 Å². The van der Waals surface area contributed by atoms with Crippen molar-refractivity contribution in [1.29, 1.82) is 0 Å². The summed E-state index contributed by atoms with van der Waals surface area (Å²) in [5.74, 6) is -0.759. The third-order valence-corrected chi connectivity index (χ3v) is 2.66. The number of benzene rings is 1. The number of carbonyl (C=O) groups excluding carboxylic acids is 1. The van der Waals surface area contributed by atoms with E-state index < -0.39 is 11.4 Å². The van der Waals surface area contributed by atoms with Gasteiger partial charge in [-0.3, -0.25) is 4.79 Å². The highest BCUT2D eigenvalue weighted by Crippen LogP contribution is 2.26. The Morgan fingerprint density at radius 2 is 2.07 bits per heavy atom. The first-order chi connectivity index (χ1) is 7.04. The Morgan fingerprint density at radius 3 is 2.60 bits per heavy atom. The summed E-state index contributed by atoms with van der Waals surface area (Å²) in [5, 5.41) is 5.44. The van der Waals surface area contributed by atoms with Crippen molar-refractivity contribution in [3.05, 3.63) is 35.6 Å². The molecule has 0 bridgehead atoms. The standard InChI is InChI=1S/C10H9FN2OS/c1-10(8(14)12-9(15)13-10)6-4-2-3-5-7(6)11/h2-5H,1H3,(H2,12,13,14,15). The molecule has 1 atom stereocenters. The van der Waals surface area contributed by atoms with Crippen LogP contribution in [0.2, 0.25) is 0 Å². The molecule has 3 nitrogen and oxygen atoms in total. The Bertz CT molecular complexity index is 449. The summed E-state index contributed by atoms with van der Waals surface area (Å²) < 4.78 is 13.5. The second kappa shape index (κ2) is 3.27. The molecule has 5 heteroatoms. The molecule has 15 heavy (non-hydrogen) atoms. The van der Waals surface area contributed by atoms with Gasteiger partial charge >= 0.3 is 0 Å². The lowest BCUT2D eigenvalue weighted by Crippen LogP contribution is -2.41. The number of rotatable bonds is 1. The van der Waals surface area contributed by atoms with Gasteiger partial charge in [0.1, 0.15) is 11.4 Å². The van der Waals surface area contributed by atoms with Crippen molar-refractivity contribution < 1.29 is 9.18 Å². The van der Waals surface area contributed by atoms with Gasteiger partial charge in [-0.25, -0.2) is 4.39 Å². The fraction of sp³-hybridized carbons (Fsp3) is 0.200. The Labute approximate surface area is 91.7 Å². The van der Waals surface area contributed by atoms with Crippen molar-refractivity contribution in [2.24, 2.45) is 0 Å². The molecule has 2 N–H and O–H groups in total. The molecule has 0 spiro atoms. The Balaban J connectivity index is 2.51. The van der Waals surface area contributed by atoms with Gasteiger partial charge in [-0.15, -0.1) is 0 Å². The highest BCUT2D eigenvalue weighted by atomic mass is 32.1. The maximum Gasteiger partial charge on any atom is 0.256 e. The quantitative estimate of drug-likeness (QED) is 0.700. The molecule has 1 saturated heterocycles. The monoisotopic (exact) mass is 224 g/mol. The van der Waals surface area contributed by atoms with Crippen molar-refractivity contribution >= 4 is 23.2 Å². The predicted molar refractivity (Wildman–Crippen MR) is 57.6 cm³/mol. The molecule has 0 aromatic heterocycles. The third-order valence-electron chi connectivity index (χ3n) is 2.46. The van der Waals surface area contributed by atoms with Crippen molar-refractivity contribution in [2.45, 2.75) is 12.5 Å². The molecule has 2 rings (SSSR count). The van der Waals surface area contributed by atoms with E-state index in [0.717, 1.165) is 0 Å². The second-order valence-corrected chi connectivity index (χ2v) is 3.92. The zero-order valence-electron chi connectivity index (χ0n) is 8.00. The number of hydrogen-bond acceptors (Lipinski definition) is 2. The van der Waals surface area contributed by atoms with Gasteiger partial charge in [0.25, 0.3) is 5.91 Å². The van der Waals surface area contributed by atoms with Crippen LogP contribution < -0.4 is 10.6 Å². The normalized spacial score (nSPS) is 24.9. The highest BCUT2D eigenvalue weighted by Gasteiger charge is 2.43. The number of hydrogen-bond donors (Lipinski definition) is 2. The Hall–Kier alpha value is -1.49. The van der Waals surface area contributed by atoms with E-state index in [-0.39, 0.29) is 11.0 Å². The van der Waals surface area contributed by atoms with Crippen molar-refractivity contribution in [3.63, 3.8) is 0 Å². The number of halogens is 1. The van der Waals surface area contributed by atoms with E-state index in [0.29, 0.717) is 5.56 Å². The Kier molecular flexibility index (Phi) is 2.19. The highest BCUT2D eigenvalue weighted by molar-refractivity contribution is 7.80. The van der Waals surface area contributed by atoms with Gasteiger partial charge in [0.2, 0.25) is 0 Å². The molecule has 1 aromatic carbocycles. The summed E-state index contributed by atoms with van der Waals surface area (Å²) in [5.41, 5.74) is -0.815. The molecule has 0 aliphatic carbocycles. The van der Waals surface area contributed by atoms with Gasteiger partial charge in [0.05, 0.1) is 0 Å². The minimum Gasteiger partial charge on any atom is -0.345 e. The van der Waals surface area contributed by atoms with E-state index in [1.165, 1.54) is 6.07 Å². The Morgan fingerprint density at radius 1 is 1.40 bits per heavy atom. The van der Waals surface area contributed by atoms with Crippen LogP contribution in [0.15, 0.2) is 24.3 Å².